The van der Waals surface area contributed by atoms with Crippen LogP contribution in [0.2, 0.25) is 0 Å². The van der Waals surface area contributed by atoms with E-state index in [0.717, 1.165) is 45.6 Å². The van der Waals surface area contributed by atoms with Gasteiger partial charge in [-0.25, -0.2) is 0 Å². The highest BCUT2D eigenvalue weighted by atomic mass is 16.5. The van der Waals surface area contributed by atoms with Gasteiger partial charge in [0.15, 0.2) is 0 Å². The molecule has 2 aliphatic heterocycles. The molecule has 2 rings (SSSR count). The lowest BCUT2D eigenvalue weighted by Gasteiger charge is -2.37. The number of carbonyl (C=O) groups excluding carboxylic acids is 1. The summed E-state index contributed by atoms with van der Waals surface area (Å²) in [4.78, 5) is 13.9. The number of ether oxygens (including phenoxy) is 1. The summed E-state index contributed by atoms with van der Waals surface area (Å²) < 4.78 is 5.59. The van der Waals surface area contributed by atoms with Gasteiger partial charge in [0.1, 0.15) is 0 Å². The molecular formula is C11H20N2O2. The molecule has 0 aromatic heterocycles. The minimum Gasteiger partial charge on any atom is -0.377 e. The van der Waals surface area contributed by atoms with Crippen LogP contribution < -0.4 is 5.32 Å². The second-order valence-electron chi connectivity index (χ2n) is 4.36. The zero-order valence-electron chi connectivity index (χ0n) is 9.37. The number of nitrogens with one attached hydrogen (secondary N) is 1. The quantitative estimate of drug-likeness (QED) is 0.728. The Morgan fingerprint density at radius 2 is 2.33 bits per heavy atom. The van der Waals surface area contributed by atoms with E-state index in [4.69, 9.17) is 4.74 Å². The second kappa shape index (κ2) is 4.94. The Bertz CT molecular complexity index is 227. The summed E-state index contributed by atoms with van der Waals surface area (Å²) in [7, 11) is 0. The first-order valence-corrected chi connectivity index (χ1v) is 5.92. The smallest absolute Gasteiger partial charge is 0.228 e. The summed E-state index contributed by atoms with van der Waals surface area (Å²) >= 11 is 0. The van der Waals surface area contributed by atoms with Gasteiger partial charge in [-0.3, -0.25) is 4.79 Å². The van der Waals surface area contributed by atoms with Crippen molar-refractivity contribution >= 4 is 5.91 Å². The van der Waals surface area contributed by atoms with Crippen LogP contribution in [0.4, 0.5) is 0 Å². The van der Waals surface area contributed by atoms with Crippen molar-refractivity contribution in [3.63, 3.8) is 0 Å². The number of hydrogen-bond donors (Lipinski definition) is 1. The van der Waals surface area contributed by atoms with Crippen molar-refractivity contribution in [3.8, 4) is 0 Å². The van der Waals surface area contributed by atoms with Gasteiger partial charge in [0, 0.05) is 32.8 Å². The summed E-state index contributed by atoms with van der Waals surface area (Å²) in [5.41, 5.74) is 0. The Balaban J connectivity index is 1.83. The van der Waals surface area contributed by atoms with E-state index in [-0.39, 0.29) is 12.0 Å². The Morgan fingerprint density at radius 3 is 2.93 bits per heavy atom. The Morgan fingerprint density at radius 1 is 1.53 bits per heavy atom. The normalized spacial score (nSPS) is 27.5. The van der Waals surface area contributed by atoms with E-state index in [1.807, 2.05) is 11.8 Å². The molecule has 2 heterocycles. The molecule has 0 radical (unpaired) electrons. The summed E-state index contributed by atoms with van der Waals surface area (Å²) in [6.07, 6.45) is 2.44. The summed E-state index contributed by atoms with van der Waals surface area (Å²) in [5, 5.41) is 3.14. The zero-order chi connectivity index (χ0) is 10.7. The highest BCUT2D eigenvalue weighted by molar-refractivity contribution is 5.80. The molecule has 2 aliphatic rings. The number of rotatable bonds is 3. The lowest BCUT2D eigenvalue weighted by molar-refractivity contribution is -0.141. The molecule has 15 heavy (non-hydrogen) atoms. The van der Waals surface area contributed by atoms with E-state index in [9.17, 15) is 4.79 Å². The van der Waals surface area contributed by atoms with E-state index < -0.39 is 0 Å². The lowest BCUT2D eigenvalue weighted by Crippen LogP contribution is -2.54. The van der Waals surface area contributed by atoms with Crippen LogP contribution in [-0.4, -0.2) is 49.7 Å². The fourth-order valence-electron chi connectivity index (χ4n) is 2.23. The van der Waals surface area contributed by atoms with E-state index in [0.29, 0.717) is 5.91 Å². The number of hydrogen-bond acceptors (Lipinski definition) is 3. The van der Waals surface area contributed by atoms with Crippen LogP contribution in [0.15, 0.2) is 0 Å². The van der Waals surface area contributed by atoms with Crippen molar-refractivity contribution in [1.29, 1.82) is 0 Å². The van der Waals surface area contributed by atoms with Gasteiger partial charge in [0.05, 0.1) is 12.0 Å². The Labute approximate surface area is 91.0 Å². The van der Waals surface area contributed by atoms with Crippen LogP contribution in [0.1, 0.15) is 19.8 Å². The van der Waals surface area contributed by atoms with Crippen molar-refractivity contribution in [1.82, 2.24) is 10.2 Å². The van der Waals surface area contributed by atoms with E-state index in [2.05, 4.69) is 5.32 Å². The first-order chi connectivity index (χ1) is 7.31. The fourth-order valence-corrected chi connectivity index (χ4v) is 2.23. The average Bonchev–Trinajstić information content (AvgIpc) is 2.16. The molecule has 0 spiro atoms. The van der Waals surface area contributed by atoms with E-state index in [1.54, 1.807) is 0 Å². The van der Waals surface area contributed by atoms with Gasteiger partial charge in [-0.1, -0.05) is 0 Å². The molecule has 2 saturated heterocycles. The minimum absolute atomic E-state index is 0.227. The van der Waals surface area contributed by atoms with Gasteiger partial charge < -0.3 is 15.0 Å². The van der Waals surface area contributed by atoms with E-state index in [1.165, 1.54) is 0 Å². The van der Waals surface area contributed by atoms with Crippen LogP contribution in [-0.2, 0) is 9.53 Å². The highest BCUT2D eigenvalue weighted by Gasteiger charge is 2.32. The summed E-state index contributed by atoms with van der Waals surface area (Å²) in [6, 6.07) is 0. The Hall–Kier alpha value is -0.610. The number of amides is 1. The first kappa shape index (κ1) is 10.9. The maximum absolute atomic E-state index is 12.0. The summed E-state index contributed by atoms with van der Waals surface area (Å²) in [6.45, 7) is 6.18. The largest absolute Gasteiger partial charge is 0.377 e. The predicted molar refractivity (Wildman–Crippen MR) is 57.6 cm³/mol. The molecule has 4 heteroatoms. The standard InChI is InChI=1S/C11H20N2O2/c1-2-15-10-4-3-5-13(8-10)11(14)9-6-12-7-9/h9-10,12H,2-8H2,1H3. The van der Waals surface area contributed by atoms with Crippen LogP contribution in [0.25, 0.3) is 0 Å². The zero-order valence-corrected chi connectivity index (χ0v) is 9.37. The van der Waals surface area contributed by atoms with Crippen molar-refractivity contribution in [2.45, 2.75) is 25.9 Å². The van der Waals surface area contributed by atoms with Gasteiger partial charge in [0.25, 0.3) is 0 Å². The van der Waals surface area contributed by atoms with Gasteiger partial charge in [-0.05, 0) is 19.8 Å². The van der Waals surface area contributed by atoms with Crippen LogP contribution in [0, 0.1) is 5.92 Å². The topological polar surface area (TPSA) is 41.6 Å². The minimum atomic E-state index is 0.227. The second-order valence-corrected chi connectivity index (χ2v) is 4.36. The van der Waals surface area contributed by atoms with Crippen molar-refractivity contribution < 1.29 is 9.53 Å². The van der Waals surface area contributed by atoms with Crippen molar-refractivity contribution in [3.05, 3.63) is 0 Å². The van der Waals surface area contributed by atoms with Gasteiger partial charge in [0.2, 0.25) is 5.91 Å². The highest BCUT2D eigenvalue weighted by Crippen LogP contribution is 2.17. The Kier molecular flexibility index (Phi) is 3.59. The van der Waals surface area contributed by atoms with Gasteiger partial charge in [-0.2, -0.15) is 0 Å². The van der Waals surface area contributed by atoms with E-state index >= 15 is 0 Å². The molecule has 1 atom stereocenters. The van der Waals surface area contributed by atoms with Crippen molar-refractivity contribution in [2.75, 3.05) is 32.8 Å². The molecule has 0 aromatic carbocycles. The lowest BCUT2D eigenvalue weighted by atomic mass is 9.99. The van der Waals surface area contributed by atoms with Crippen LogP contribution >= 0.6 is 0 Å². The third-order valence-corrected chi connectivity index (χ3v) is 3.22. The van der Waals surface area contributed by atoms with Crippen LogP contribution in [0.3, 0.4) is 0 Å². The summed E-state index contributed by atoms with van der Waals surface area (Å²) in [5.74, 6) is 0.545. The molecule has 4 nitrogen and oxygen atoms in total. The van der Waals surface area contributed by atoms with Crippen LogP contribution in [0.5, 0.6) is 0 Å². The maximum Gasteiger partial charge on any atom is 0.228 e. The SMILES string of the molecule is CCOC1CCCN(C(=O)C2CNC2)C1. The molecule has 1 amide bonds. The number of nitrogens with zero attached hydrogens (tertiary/aromatic N) is 1. The average molecular weight is 212 g/mol. The molecule has 0 aromatic rings. The molecule has 1 N–H and O–H groups in total. The third-order valence-electron chi connectivity index (χ3n) is 3.22. The first-order valence-electron chi connectivity index (χ1n) is 5.92. The monoisotopic (exact) mass is 212 g/mol. The molecule has 1 unspecified atom stereocenters. The molecule has 0 bridgehead atoms. The molecular weight excluding hydrogens is 192 g/mol. The fraction of sp³-hybridized carbons (Fsp3) is 0.909. The maximum atomic E-state index is 12.0. The van der Waals surface area contributed by atoms with Crippen molar-refractivity contribution in [2.24, 2.45) is 5.92 Å². The third kappa shape index (κ3) is 2.49. The number of likely N-dealkylation sites (tertiary alicyclic amines) is 1. The molecule has 0 aliphatic carbocycles. The molecule has 2 fully saturated rings. The number of carbonyl (C=O) groups is 1. The van der Waals surface area contributed by atoms with Gasteiger partial charge >= 0.3 is 0 Å². The molecule has 86 valence electrons. The number of piperidine rings is 1. The predicted octanol–water partition coefficient (Wildman–Crippen LogP) is 0.233. The van der Waals surface area contributed by atoms with Gasteiger partial charge in [-0.15, -0.1) is 0 Å². The molecule has 0 saturated carbocycles.